The van der Waals surface area contributed by atoms with Crippen LogP contribution in [-0.4, -0.2) is 33.6 Å². The molecule has 0 saturated carbocycles. The van der Waals surface area contributed by atoms with Crippen molar-refractivity contribution in [1.29, 1.82) is 0 Å². The molecular weight excluding hydrogens is 372 g/mol. The number of nitrogens with zero attached hydrogens (tertiary/aromatic N) is 2. The van der Waals surface area contributed by atoms with Gasteiger partial charge in [0.15, 0.2) is 0 Å². The summed E-state index contributed by atoms with van der Waals surface area (Å²) in [4.78, 5) is 46.3. The maximum absolute atomic E-state index is 11.6. The van der Waals surface area contributed by atoms with E-state index in [1.54, 1.807) is 24.3 Å². The summed E-state index contributed by atoms with van der Waals surface area (Å²) in [6, 6.07) is 14.8. The smallest absolute Gasteiger partial charge is 0.272 e. The normalized spacial score (nSPS) is 15.6. The molecule has 0 unspecified atom stereocenters. The second kappa shape index (κ2) is 7.43. The summed E-state index contributed by atoms with van der Waals surface area (Å²) in [5.74, 6) is -1.61. The molecule has 144 valence electrons. The first-order valence-electron chi connectivity index (χ1n) is 8.83. The van der Waals surface area contributed by atoms with E-state index in [9.17, 15) is 19.2 Å². The van der Waals surface area contributed by atoms with E-state index in [2.05, 4.69) is 10.9 Å². The molecule has 0 aromatic heterocycles. The minimum absolute atomic E-state index is 0.402. The number of hydrazine groups is 2. The molecule has 0 aliphatic carbocycles. The van der Waals surface area contributed by atoms with Gasteiger partial charge < -0.3 is 0 Å². The molecule has 0 saturated heterocycles. The third-order valence-corrected chi connectivity index (χ3v) is 4.42. The molecule has 2 aromatic carbocycles. The Morgan fingerprint density at radius 1 is 0.517 bits per heavy atom. The Bertz CT molecular complexity index is 934. The molecular formula is C21H16N4O4. The van der Waals surface area contributed by atoms with Gasteiger partial charge in [0.25, 0.3) is 23.6 Å². The van der Waals surface area contributed by atoms with Gasteiger partial charge in [0.2, 0.25) is 0 Å². The molecule has 2 N–H and O–H groups in total. The Kier molecular flexibility index (Phi) is 4.66. The van der Waals surface area contributed by atoms with Crippen molar-refractivity contribution in [3.05, 3.63) is 84.0 Å². The molecule has 29 heavy (non-hydrogen) atoms. The van der Waals surface area contributed by atoms with Crippen molar-refractivity contribution >= 4 is 35.0 Å². The second-order valence-electron chi connectivity index (χ2n) is 6.48. The van der Waals surface area contributed by atoms with E-state index in [1.165, 1.54) is 24.3 Å². The van der Waals surface area contributed by atoms with Gasteiger partial charge in [0, 0.05) is 24.3 Å². The van der Waals surface area contributed by atoms with Gasteiger partial charge in [0.05, 0.1) is 11.4 Å². The summed E-state index contributed by atoms with van der Waals surface area (Å²) in [7, 11) is 0. The number of nitrogens with one attached hydrogen (secondary N) is 2. The average molecular weight is 388 g/mol. The Morgan fingerprint density at radius 3 is 1.14 bits per heavy atom. The molecule has 2 heterocycles. The molecule has 0 fully saturated rings. The van der Waals surface area contributed by atoms with Crippen LogP contribution in [0.5, 0.6) is 0 Å². The summed E-state index contributed by atoms with van der Waals surface area (Å²) in [6.45, 7) is 0. The van der Waals surface area contributed by atoms with Crippen molar-refractivity contribution in [2.45, 2.75) is 6.42 Å². The van der Waals surface area contributed by atoms with Crippen molar-refractivity contribution < 1.29 is 19.2 Å². The summed E-state index contributed by atoms with van der Waals surface area (Å²) in [5.41, 5.74) is 8.91. The fourth-order valence-corrected chi connectivity index (χ4v) is 2.91. The zero-order chi connectivity index (χ0) is 20.4. The summed E-state index contributed by atoms with van der Waals surface area (Å²) >= 11 is 0. The monoisotopic (exact) mass is 388 g/mol. The van der Waals surface area contributed by atoms with Gasteiger partial charge in [-0.15, -0.1) is 0 Å². The first-order valence-corrected chi connectivity index (χ1v) is 8.83. The van der Waals surface area contributed by atoms with Gasteiger partial charge in [-0.25, -0.2) is 0 Å². The first-order chi connectivity index (χ1) is 14.0. The fraction of sp³-hybridized carbons (Fsp3) is 0.0476. The third-order valence-electron chi connectivity index (χ3n) is 4.42. The van der Waals surface area contributed by atoms with E-state index in [1.807, 2.05) is 24.3 Å². The van der Waals surface area contributed by atoms with Gasteiger partial charge in [-0.2, -0.15) is 10.0 Å². The zero-order valence-electron chi connectivity index (χ0n) is 15.2. The van der Waals surface area contributed by atoms with Crippen LogP contribution in [0.25, 0.3) is 0 Å². The highest BCUT2D eigenvalue weighted by Gasteiger charge is 2.24. The Hall–Kier alpha value is -4.20. The highest BCUT2D eigenvalue weighted by atomic mass is 16.2. The van der Waals surface area contributed by atoms with Gasteiger partial charge in [-0.3, -0.25) is 30.0 Å². The number of rotatable bonds is 6. The van der Waals surface area contributed by atoms with Crippen LogP contribution in [0, 0.1) is 0 Å². The van der Waals surface area contributed by atoms with Crippen LogP contribution in [0.4, 0.5) is 11.4 Å². The SMILES string of the molecule is O=C1C=CC(=O)N1Nc1ccc(Cc2ccc(NN3C(=O)C=CC3=O)cc2)cc1. The number of amides is 4. The predicted molar refractivity (Wildman–Crippen MR) is 105 cm³/mol. The fourth-order valence-electron chi connectivity index (χ4n) is 2.91. The van der Waals surface area contributed by atoms with Gasteiger partial charge in [-0.1, -0.05) is 24.3 Å². The van der Waals surface area contributed by atoms with Crippen LogP contribution in [0.1, 0.15) is 11.1 Å². The lowest BCUT2D eigenvalue weighted by Crippen LogP contribution is -2.35. The average Bonchev–Trinajstić information content (AvgIpc) is 3.21. The molecule has 0 spiro atoms. The molecule has 0 atom stereocenters. The van der Waals surface area contributed by atoms with Crippen molar-refractivity contribution in [3.63, 3.8) is 0 Å². The molecule has 2 aliphatic rings. The molecule has 2 aliphatic heterocycles. The van der Waals surface area contributed by atoms with E-state index in [-0.39, 0.29) is 0 Å². The van der Waals surface area contributed by atoms with Gasteiger partial charge >= 0.3 is 0 Å². The van der Waals surface area contributed by atoms with Crippen LogP contribution < -0.4 is 10.9 Å². The minimum Gasteiger partial charge on any atom is -0.288 e. The first kappa shape index (κ1) is 18.2. The Labute approximate surface area is 166 Å². The predicted octanol–water partition coefficient (Wildman–Crippen LogP) is 1.78. The van der Waals surface area contributed by atoms with E-state index in [4.69, 9.17) is 0 Å². The van der Waals surface area contributed by atoms with Gasteiger partial charge in [-0.05, 0) is 41.8 Å². The molecule has 4 rings (SSSR count). The Balaban J connectivity index is 1.35. The standard InChI is InChI=1S/C21H16N4O4/c26-18-9-10-19(27)24(18)22-16-5-1-14(2-6-16)13-15-3-7-17(8-4-15)23-25-20(28)11-12-21(25)29/h1-12,22-23H,13H2. The van der Waals surface area contributed by atoms with Crippen LogP contribution in [0.15, 0.2) is 72.8 Å². The topological polar surface area (TPSA) is 98.8 Å². The van der Waals surface area contributed by atoms with Crippen LogP contribution in [0.2, 0.25) is 0 Å². The lowest BCUT2D eigenvalue weighted by molar-refractivity contribution is -0.136. The van der Waals surface area contributed by atoms with Crippen molar-refractivity contribution in [3.8, 4) is 0 Å². The molecule has 0 radical (unpaired) electrons. The largest absolute Gasteiger partial charge is 0.288 e. The zero-order valence-corrected chi connectivity index (χ0v) is 15.2. The lowest BCUT2D eigenvalue weighted by atomic mass is 10.0. The number of imide groups is 2. The Morgan fingerprint density at radius 2 is 0.828 bits per heavy atom. The van der Waals surface area contributed by atoms with Crippen molar-refractivity contribution in [1.82, 2.24) is 10.0 Å². The number of anilines is 2. The number of hydrogen-bond donors (Lipinski definition) is 2. The number of hydrogen-bond acceptors (Lipinski definition) is 6. The number of carbonyl (C=O) groups excluding carboxylic acids is 4. The summed E-state index contributed by atoms with van der Waals surface area (Å²) in [5, 5.41) is 1.90. The van der Waals surface area contributed by atoms with E-state index in [0.717, 1.165) is 21.1 Å². The van der Waals surface area contributed by atoms with E-state index in [0.29, 0.717) is 17.8 Å². The summed E-state index contributed by atoms with van der Waals surface area (Å²) in [6.07, 6.45) is 5.54. The van der Waals surface area contributed by atoms with Crippen LogP contribution >= 0.6 is 0 Å². The molecule has 0 bridgehead atoms. The van der Waals surface area contributed by atoms with Gasteiger partial charge in [0.1, 0.15) is 0 Å². The minimum atomic E-state index is -0.402. The number of benzene rings is 2. The molecule has 2 aromatic rings. The van der Waals surface area contributed by atoms with E-state index < -0.39 is 23.6 Å². The molecule has 8 nitrogen and oxygen atoms in total. The quantitative estimate of drug-likeness (QED) is 0.732. The summed E-state index contributed by atoms with van der Waals surface area (Å²) < 4.78 is 0. The van der Waals surface area contributed by atoms with Crippen LogP contribution in [-0.2, 0) is 25.6 Å². The van der Waals surface area contributed by atoms with Crippen molar-refractivity contribution in [2.24, 2.45) is 0 Å². The third kappa shape index (κ3) is 3.91. The highest BCUT2D eigenvalue weighted by Crippen LogP contribution is 2.18. The number of carbonyl (C=O) groups is 4. The molecule has 4 amide bonds. The lowest BCUT2D eigenvalue weighted by Gasteiger charge is -2.17. The maximum atomic E-state index is 11.6. The molecule has 8 heteroatoms. The maximum Gasteiger partial charge on any atom is 0.272 e. The van der Waals surface area contributed by atoms with Crippen LogP contribution in [0.3, 0.4) is 0 Å². The van der Waals surface area contributed by atoms with E-state index >= 15 is 0 Å². The second-order valence-corrected chi connectivity index (χ2v) is 6.48. The highest BCUT2D eigenvalue weighted by molar-refractivity contribution is 6.14. The van der Waals surface area contributed by atoms with Crippen molar-refractivity contribution in [2.75, 3.05) is 10.9 Å².